The lowest BCUT2D eigenvalue weighted by molar-refractivity contribution is -0.383. The highest BCUT2D eigenvalue weighted by atomic mass is 32.2. The molecule has 24 heteroatoms. The van der Waals surface area contributed by atoms with E-state index in [0.717, 1.165) is 10.4 Å². The predicted molar refractivity (Wildman–Crippen MR) is 281 cm³/mol. The third-order valence-electron chi connectivity index (χ3n) is 11.7. The standard InChI is InChI=1S/C52H61N9O13S2/c1-51(2,3)73-49(62)53-27-28-75(66,67)44-26-25-41(42-11-10-12-43(46(42)61(64)65)54-37-32-58(33-37)50(63)74-52(4,5)6)45(48-55-57-60(56-48)31-36-17-23-40(72-9)24-18-36)47(44)76(68,69)59(29-34-13-19-38(70-7)20-14-34)30-35-15-21-39(71-8)22-16-35/h10-26,37,54H,27-33H2,1-9H3,(H,53,62). The van der Waals surface area contributed by atoms with Crippen molar-refractivity contribution in [3.63, 3.8) is 0 Å². The van der Waals surface area contributed by atoms with Crippen LogP contribution in [0.3, 0.4) is 0 Å². The highest BCUT2D eigenvalue weighted by Gasteiger charge is 2.40. The van der Waals surface area contributed by atoms with E-state index in [9.17, 15) is 28.1 Å². The first kappa shape index (κ1) is 55.9. The molecule has 1 fully saturated rings. The molecule has 7 rings (SSSR count). The summed E-state index contributed by atoms with van der Waals surface area (Å²) in [6.45, 7) is 9.29. The van der Waals surface area contributed by atoms with Crippen molar-refractivity contribution in [3.8, 4) is 39.8 Å². The Balaban J connectivity index is 1.46. The minimum absolute atomic E-state index is 0.00501. The van der Waals surface area contributed by atoms with Crippen LogP contribution in [0.1, 0.15) is 58.2 Å². The van der Waals surface area contributed by atoms with E-state index in [0.29, 0.717) is 33.9 Å². The molecule has 0 bridgehead atoms. The number of anilines is 1. The maximum absolute atomic E-state index is 16.2. The number of methoxy groups -OCH3 is 3. The Morgan fingerprint density at radius 3 is 1.79 bits per heavy atom. The number of carbonyl (C=O) groups is 2. The fraction of sp³-hybridized carbons (Fsp3) is 0.365. The van der Waals surface area contributed by atoms with Gasteiger partial charge in [0.05, 0.1) is 60.6 Å². The molecule has 404 valence electrons. The van der Waals surface area contributed by atoms with Gasteiger partial charge in [0.15, 0.2) is 9.84 Å². The van der Waals surface area contributed by atoms with Crippen molar-refractivity contribution in [3.05, 3.63) is 130 Å². The van der Waals surface area contributed by atoms with E-state index in [1.165, 1.54) is 55.3 Å². The third kappa shape index (κ3) is 13.7. The molecule has 1 aliphatic rings. The SMILES string of the molecule is COc1ccc(CN(Cc2ccc(OC)cc2)S(=O)(=O)c2c(S(=O)(=O)CCNC(=O)OC(C)(C)C)ccc(-c3cccc(NC4CN(C(=O)OC(C)(C)C)C4)c3[N+](=O)[O-])c2-c2nnn(Cc3ccc(OC)cc3)n2)cc1. The van der Waals surface area contributed by atoms with Crippen molar-refractivity contribution in [2.45, 2.75) is 88.2 Å². The summed E-state index contributed by atoms with van der Waals surface area (Å²) in [6.07, 6.45) is -1.46. The van der Waals surface area contributed by atoms with Gasteiger partial charge < -0.3 is 39.2 Å². The number of hydrogen-bond acceptors (Lipinski definition) is 17. The van der Waals surface area contributed by atoms with Gasteiger partial charge in [-0.05, 0) is 118 Å². The molecule has 0 atom stereocenters. The monoisotopic (exact) mass is 1080 g/mol. The van der Waals surface area contributed by atoms with Gasteiger partial charge >= 0.3 is 12.2 Å². The van der Waals surface area contributed by atoms with Crippen molar-refractivity contribution < 1.29 is 55.0 Å². The first-order valence-corrected chi connectivity index (χ1v) is 27.0. The van der Waals surface area contributed by atoms with Gasteiger partial charge in [0.25, 0.3) is 5.69 Å². The van der Waals surface area contributed by atoms with E-state index in [1.807, 2.05) is 0 Å². The maximum Gasteiger partial charge on any atom is 0.410 e. The highest BCUT2D eigenvalue weighted by Crippen LogP contribution is 2.46. The summed E-state index contributed by atoms with van der Waals surface area (Å²) in [7, 11) is -5.40. The normalized spacial score (nSPS) is 13.2. The zero-order chi connectivity index (χ0) is 55.2. The van der Waals surface area contributed by atoms with E-state index < -0.39 is 87.6 Å². The quantitative estimate of drug-likeness (QED) is 0.0547. The van der Waals surface area contributed by atoms with Crippen molar-refractivity contribution in [1.29, 1.82) is 0 Å². The Morgan fingerprint density at radius 1 is 0.737 bits per heavy atom. The molecule has 1 aromatic heterocycles. The van der Waals surface area contributed by atoms with Crippen LogP contribution >= 0.6 is 0 Å². The van der Waals surface area contributed by atoms with Gasteiger partial charge in [0.2, 0.25) is 15.8 Å². The summed E-state index contributed by atoms with van der Waals surface area (Å²) in [5, 5.41) is 32.3. The summed E-state index contributed by atoms with van der Waals surface area (Å²) in [6, 6.07) is 26.5. The molecule has 2 heterocycles. The number of sulfonamides is 1. The minimum Gasteiger partial charge on any atom is -0.497 e. The number of nitro benzene ring substituents is 1. The number of aromatic nitrogens is 4. The first-order chi connectivity index (χ1) is 35.9. The van der Waals surface area contributed by atoms with Crippen LogP contribution in [-0.4, -0.2) is 127 Å². The molecule has 1 aliphatic heterocycles. The molecule has 0 radical (unpaired) electrons. The number of nitrogens with one attached hydrogen (secondary N) is 2. The van der Waals surface area contributed by atoms with Crippen molar-refractivity contribution in [2.75, 3.05) is 52.0 Å². The Morgan fingerprint density at radius 2 is 1.28 bits per heavy atom. The maximum atomic E-state index is 16.2. The van der Waals surface area contributed by atoms with E-state index in [4.69, 9.17) is 23.7 Å². The van der Waals surface area contributed by atoms with Gasteiger partial charge in [0.1, 0.15) is 39.0 Å². The summed E-state index contributed by atoms with van der Waals surface area (Å²) < 4.78 is 90.4. The number of para-hydroxylation sites is 1. The number of tetrazole rings is 1. The Labute approximate surface area is 441 Å². The van der Waals surface area contributed by atoms with Crippen LogP contribution in [0.25, 0.3) is 22.5 Å². The fourth-order valence-electron chi connectivity index (χ4n) is 8.09. The number of ether oxygens (including phenoxy) is 5. The van der Waals surface area contributed by atoms with Crippen LogP contribution in [0.2, 0.25) is 0 Å². The number of amides is 2. The second-order valence-electron chi connectivity index (χ2n) is 19.7. The number of rotatable bonds is 20. The highest BCUT2D eigenvalue weighted by molar-refractivity contribution is 7.93. The Bertz CT molecular complexity index is 3230. The van der Waals surface area contributed by atoms with Crippen molar-refractivity contribution >= 4 is 43.4 Å². The van der Waals surface area contributed by atoms with Crippen LogP contribution in [-0.2, 0) is 49.0 Å². The van der Waals surface area contributed by atoms with Crippen molar-refractivity contribution in [2.24, 2.45) is 0 Å². The molecule has 0 saturated carbocycles. The molecule has 2 amide bonds. The number of sulfone groups is 1. The number of alkyl carbamates (subject to hydrolysis) is 1. The molecule has 76 heavy (non-hydrogen) atoms. The number of nitro groups is 1. The summed E-state index contributed by atoms with van der Waals surface area (Å²) in [5.74, 6) is 0.371. The Hall–Kier alpha value is -7.83. The van der Waals surface area contributed by atoms with Crippen molar-refractivity contribution in [1.82, 2.24) is 34.7 Å². The average molecular weight is 1080 g/mol. The third-order valence-corrected chi connectivity index (χ3v) is 15.4. The largest absolute Gasteiger partial charge is 0.497 e. The van der Waals surface area contributed by atoms with Gasteiger partial charge in [-0.2, -0.15) is 9.10 Å². The van der Waals surface area contributed by atoms with Crippen LogP contribution in [0.15, 0.2) is 113 Å². The summed E-state index contributed by atoms with van der Waals surface area (Å²) >= 11 is 0. The van der Waals surface area contributed by atoms with Gasteiger partial charge in [0, 0.05) is 38.3 Å². The second-order valence-corrected chi connectivity index (χ2v) is 23.7. The number of likely N-dealkylation sites (tertiary alicyclic amines) is 1. The molecule has 1 saturated heterocycles. The number of benzene rings is 5. The predicted octanol–water partition coefficient (Wildman–Crippen LogP) is 7.71. The second kappa shape index (κ2) is 23.0. The number of carbonyl (C=O) groups excluding carboxylic acids is 2. The molecular weight excluding hydrogens is 1020 g/mol. The van der Waals surface area contributed by atoms with E-state index in [2.05, 4.69) is 26.0 Å². The smallest absolute Gasteiger partial charge is 0.410 e. The van der Waals surface area contributed by atoms with Gasteiger partial charge in [-0.15, -0.1) is 10.2 Å². The number of hydrogen-bond donors (Lipinski definition) is 2. The van der Waals surface area contributed by atoms with E-state index in [-0.39, 0.29) is 55.4 Å². The minimum atomic E-state index is -5.15. The molecule has 0 unspecified atom stereocenters. The zero-order valence-corrected chi connectivity index (χ0v) is 45.2. The van der Waals surface area contributed by atoms with Crippen LogP contribution < -0.4 is 24.8 Å². The Kier molecular flexibility index (Phi) is 16.9. The molecular formula is C52H61N9O13S2. The average Bonchev–Trinajstić information content (AvgIpc) is 3.81. The molecule has 6 aromatic rings. The lowest BCUT2D eigenvalue weighted by Gasteiger charge is -2.40. The molecule has 0 spiro atoms. The van der Waals surface area contributed by atoms with E-state index >= 15 is 8.42 Å². The first-order valence-electron chi connectivity index (χ1n) is 23.9. The lowest BCUT2D eigenvalue weighted by Crippen LogP contribution is -2.57. The zero-order valence-electron chi connectivity index (χ0n) is 43.6. The summed E-state index contributed by atoms with van der Waals surface area (Å²) in [5.41, 5.74) is -1.18. The van der Waals surface area contributed by atoms with Gasteiger partial charge in [-0.3, -0.25) is 10.1 Å². The van der Waals surface area contributed by atoms with Gasteiger partial charge in [-0.25, -0.2) is 26.4 Å². The molecule has 0 aliphatic carbocycles. The topological polar surface area (TPSA) is 266 Å². The molecule has 2 N–H and O–H groups in total. The molecule has 22 nitrogen and oxygen atoms in total. The lowest BCUT2D eigenvalue weighted by atomic mass is 9.96. The van der Waals surface area contributed by atoms with E-state index in [1.54, 1.807) is 114 Å². The van der Waals surface area contributed by atoms with Crippen LogP contribution in [0, 0.1) is 10.1 Å². The summed E-state index contributed by atoms with van der Waals surface area (Å²) in [4.78, 5) is 39.5. The molecule has 5 aromatic carbocycles. The van der Waals surface area contributed by atoms with Crippen LogP contribution in [0.4, 0.5) is 21.0 Å². The van der Waals surface area contributed by atoms with Crippen LogP contribution in [0.5, 0.6) is 17.2 Å². The number of nitrogens with zero attached hydrogens (tertiary/aromatic N) is 7. The fourth-order valence-corrected chi connectivity index (χ4v) is 11.7. The van der Waals surface area contributed by atoms with Gasteiger partial charge in [-0.1, -0.05) is 48.5 Å².